The summed E-state index contributed by atoms with van der Waals surface area (Å²) >= 11 is 1.72. The van der Waals surface area contributed by atoms with Gasteiger partial charge in [-0.3, -0.25) is 0 Å². The highest BCUT2D eigenvalue weighted by Crippen LogP contribution is 2.27. The predicted molar refractivity (Wildman–Crippen MR) is 61.9 cm³/mol. The van der Waals surface area contributed by atoms with Crippen molar-refractivity contribution in [3.8, 4) is 10.6 Å². The Labute approximate surface area is 93.2 Å². The van der Waals surface area contributed by atoms with Crippen molar-refractivity contribution in [3.05, 3.63) is 29.2 Å². The molecule has 80 valence electrons. The van der Waals surface area contributed by atoms with E-state index in [-0.39, 0.29) is 0 Å². The SMILES string of the molecule is CCNCc1sc(-c2ccoc2)nc1C. The van der Waals surface area contributed by atoms with E-state index in [4.69, 9.17) is 4.42 Å². The number of furan rings is 1. The van der Waals surface area contributed by atoms with Crippen molar-refractivity contribution in [1.29, 1.82) is 0 Å². The van der Waals surface area contributed by atoms with E-state index in [1.54, 1.807) is 23.9 Å². The van der Waals surface area contributed by atoms with E-state index in [9.17, 15) is 0 Å². The first-order valence-corrected chi connectivity index (χ1v) is 5.82. The number of hydrogen-bond donors (Lipinski definition) is 1. The van der Waals surface area contributed by atoms with Crippen molar-refractivity contribution >= 4 is 11.3 Å². The number of hydrogen-bond acceptors (Lipinski definition) is 4. The molecule has 0 saturated carbocycles. The van der Waals surface area contributed by atoms with Crippen LogP contribution in [-0.4, -0.2) is 11.5 Å². The van der Waals surface area contributed by atoms with Crippen LogP contribution in [0.1, 0.15) is 17.5 Å². The van der Waals surface area contributed by atoms with Crippen molar-refractivity contribution in [2.45, 2.75) is 20.4 Å². The minimum atomic E-state index is 0.901. The Bertz CT molecular complexity index is 420. The first kappa shape index (κ1) is 10.4. The third-order valence-electron chi connectivity index (χ3n) is 2.20. The summed E-state index contributed by atoms with van der Waals surface area (Å²) in [4.78, 5) is 5.82. The van der Waals surface area contributed by atoms with Crippen LogP contribution in [0.2, 0.25) is 0 Å². The molecule has 3 nitrogen and oxygen atoms in total. The fraction of sp³-hybridized carbons (Fsp3) is 0.364. The highest BCUT2D eigenvalue weighted by molar-refractivity contribution is 7.15. The van der Waals surface area contributed by atoms with E-state index >= 15 is 0 Å². The molecule has 2 aromatic rings. The van der Waals surface area contributed by atoms with Gasteiger partial charge in [-0.2, -0.15) is 0 Å². The van der Waals surface area contributed by atoms with E-state index in [2.05, 4.69) is 17.2 Å². The predicted octanol–water partition coefficient (Wildman–Crippen LogP) is 2.82. The van der Waals surface area contributed by atoms with Crippen molar-refractivity contribution < 1.29 is 4.42 Å². The molecule has 0 saturated heterocycles. The number of rotatable bonds is 4. The fourth-order valence-electron chi connectivity index (χ4n) is 1.34. The van der Waals surface area contributed by atoms with Gasteiger partial charge in [-0.25, -0.2) is 4.98 Å². The lowest BCUT2D eigenvalue weighted by molar-refractivity contribution is 0.568. The molecular weight excluding hydrogens is 208 g/mol. The van der Waals surface area contributed by atoms with Gasteiger partial charge in [0.15, 0.2) is 0 Å². The summed E-state index contributed by atoms with van der Waals surface area (Å²) < 4.78 is 5.05. The summed E-state index contributed by atoms with van der Waals surface area (Å²) in [5.74, 6) is 0. The Morgan fingerprint density at radius 2 is 2.40 bits per heavy atom. The van der Waals surface area contributed by atoms with Crippen LogP contribution in [0.4, 0.5) is 0 Å². The first-order chi connectivity index (χ1) is 7.31. The van der Waals surface area contributed by atoms with Crippen molar-refractivity contribution in [1.82, 2.24) is 10.3 Å². The molecule has 2 heterocycles. The third kappa shape index (κ3) is 2.27. The van der Waals surface area contributed by atoms with Crippen molar-refractivity contribution in [2.75, 3.05) is 6.54 Å². The summed E-state index contributed by atoms with van der Waals surface area (Å²) in [5, 5.41) is 4.35. The van der Waals surface area contributed by atoms with Crippen LogP contribution in [0, 0.1) is 6.92 Å². The summed E-state index contributed by atoms with van der Waals surface area (Å²) in [7, 11) is 0. The fourth-order valence-corrected chi connectivity index (χ4v) is 2.36. The first-order valence-electron chi connectivity index (χ1n) is 5.01. The van der Waals surface area contributed by atoms with Gasteiger partial charge in [0.05, 0.1) is 12.0 Å². The maximum atomic E-state index is 5.05. The molecule has 0 aromatic carbocycles. The van der Waals surface area contributed by atoms with Crippen LogP contribution >= 0.6 is 11.3 Å². The molecule has 0 amide bonds. The second-order valence-corrected chi connectivity index (χ2v) is 4.40. The lowest BCUT2D eigenvalue weighted by atomic mass is 10.3. The van der Waals surface area contributed by atoms with Gasteiger partial charge < -0.3 is 9.73 Å². The molecule has 0 atom stereocenters. The molecule has 2 rings (SSSR count). The number of nitrogens with one attached hydrogen (secondary N) is 1. The van der Waals surface area contributed by atoms with Gasteiger partial charge in [-0.05, 0) is 19.5 Å². The average Bonchev–Trinajstić information content (AvgIpc) is 2.83. The minimum absolute atomic E-state index is 0.901. The Hall–Kier alpha value is -1.13. The van der Waals surface area contributed by atoms with Gasteiger partial charge in [0.1, 0.15) is 11.3 Å². The van der Waals surface area contributed by atoms with Crippen LogP contribution in [0.5, 0.6) is 0 Å². The van der Waals surface area contributed by atoms with Crippen LogP contribution < -0.4 is 5.32 Å². The van der Waals surface area contributed by atoms with Crippen LogP contribution in [-0.2, 0) is 6.54 Å². The number of aryl methyl sites for hydroxylation is 1. The summed E-state index contributed by atoms with van der Waals surface area (Å²) in [6.07, 6.45) is 3.41. The number of aromatic nitrogens is 1. The molecule has 0 aliphatic carbocycles. The standard InChI is InChI=1S/C11H14N2OS/c1-3-12-6-10-8(2)13-11(15-10)9-4-5-14-7-9/h4-5,7,12H,3,6H2,1-2H3. The van der Waals surface area contributed by atoms with E-state index < -0.39 is 0 Å². The van der Waals surface area contributed by atoms with Crippen LogP contribution in [0.25, 0.3) is 10.6 Å². The smallest absolute Gasteiger partial charge is 0.127 e. The lowest BCUT2D eigenvalue weighted by Crippen LogP contribution is -2.11. The highest BCUT2D eigenvalue weighted by Gasteiger charge is 2.09. The lowest BCUT2D eigenvalue weighted by Gasteiger charge is -1.97. The van der Waals surface area contributed by atoms with Gasteiger partial charge in [0, 0.05) is 17.0 Å². The molecule has 1 N–H and O–H groups in total. The normalized spacial score (nSPS) is 10.8. The Kier molecular flexibility index (Phi) is 3.18. The van der Waals surface area contributed by atoms with Gasteiger partial charge in [0.25, 0.3) is 0 Å². The molecule has 4 heteroatoms. The maximum Gasteiger partial charge on any atom is 0.127 e. The molecule has 0 aliphatic heterocycles. The largest absolute Gasteiger partial charge is 0.472 e. The molecule has 0 radical (unpaired) electrons. The molecule has 0 unspecified atom stereocenters. The highest BCUT2D eigenvalue weighted by atomic mass is 32.1. The molecule has 2 aromatic heterocycles. The van der Waals surface area contributed by atoms with Gasteiger partial charge in [-0.15, -0.1) is 11.3 Å². The van der Waals surface area contributed by atoms with E-state index in [0.717, 1.165) is 29.4 Å². The Morgan fingerprint density at radius 3 is 3.07 bits per heavy atom. The second kappa shape index (κ2) is 4.59. The molecular formula is C11H14N2OS. The second-order valence-electron chi connectivity index (χ2n) is 3.32. The van der Waals surface area contributed by atoms with Crippen molar-refractivity contribution in [2.24, 2.45) is 0 Å². The quantitative estimate of drug-likeness (QED) is 0.864. The van der Waals surface area contributed by atoms with Crippen LogP contribution in [0.15, 0.2) is 23.0 Å². The zero-order chi connectivity index (χ0) is 10.7. The number of nitrogens with zero attached hydrogens (tertiary/aromatic N) is 1. The van der Waals surface area contributed by atoms with Crippen LogP contribution in [0.3, 0.4) is 0 Å². The van der Waals surface area contributed by atoms with Gasteiger partial charge in [-0.1, -0.05) is 6.92 Å². The summed E-state index contributed by atoms with van der Waals surface area (Å²) in [6.45, 7) is 6.04. The van der Waals surface area contributed by atoms with Gasteiger partial charge in [0.2, 0.25) is 0 Å². The number of thiazole rings is 1. The Balaban J connectivity index is 2.21. The monoisotopic (exact) mass is 222 g/mol. The summed E-state index contributed by atoms with van der Waals surface area (Å²) in [6, 6.07) is 1.94. The van der Waals surface area contributed by atoms with E-state index in [1.807, 2.05) is 13.0 Å². The van der Waals surface area contributed by atoms with E-state index in [1.165, 1.54) is 4.88 Å². The summed E-state index contributed by atoms with van der Waals surface area (Å²) in [5.41, 5.74) is 2.17. The molecule has 0 spiro atoms. The minimum Gasteiger partial charge on any atom is -0.472 e. The van der Waals surface area contributed by atoms with E-state index in [0.29, 0.717) is 0 Å². The molecule has 15 heavy (non-hydrogen) atoms. The molecule has 0 aliphatic rings. The maximum absolute atomic E-state index is 5.05. The topological polar surface area (TPSA) is 38.1 Å². The zero-order valence-corrected chi connectivity index (χ0v) is 9.73. The third-order valence-corrected chi connectivity index (χ3v) is 3.40. The average molecular weight is 222 g/mol. The van der Waals surface area contributed by atoms with Crippen molar-refractivity contribution in [3.63, 3.8) is 0 Å². The zero-order valence-electron chi connectivity index (χ0n) is 8.91. The molecule has 0 fully saturated rings. The van der Waals surface area contributed by atoms with Gasteiger partial charge >= 0.3 is 0 Å². The molecule has 0 bridgehead atoms. The Morgan fingerprint density at radius 1 is 1.53 bits per heavy atom.